The molecule has 0 bridgehead atoms. The van der Waals surface area contributed by atoms with Crippen LogP contribution in [0.15, 0.2) is 82.9 Å². The first-order valence-corrected chi connectivity index (χ1v) is 11.2. The van der Waals surface area contributed by atoms with E-state index in [1.807, 2.05) is 13.0 Å². The number of rotatable bonds is 4. The van der Waals surface area contributed by atoms with Gasteiger partial charge in [0.25, 0.3) is 10.0 Å². The Kier molecular flexibility index (Phi) is 5.28. The van der Waals surface area contributed by atoms with Crippen LogP contribution in [0.4, 0.5) is 0 Å². The molecule has 2 aromatic carbocycles. The summed E-state index contributed by atoms with van der Waals surface area (Å²) in [7, 11) is -3.60. The quantitative estimate of drug-likeness (QED) is 0.431. The normalized spacial score (nSPS) is 20.3. The van der Waals surface area contributed by atoms with Gasteiger partial charge in [-0.1, -0.05) is 35.9 Å². The standard InChI is InChI=1S/C23H23NO4S/c1-17-7-11-21(12-8-17)29(26,27)24-14-13-18-9-10-19(22(18)16-24)15-23(25)28-20-5-3-2-4-6-20/h2-8,11-12,15-16,18H,9-10,13-14H2,1H3/b19-15+. The molecule has 0 aromatic heterocycles. The van der Waals surface area contributed by atoms with E-state index in [0.29, 0.717) is 12.3 Å². The molecule has 1 saturated carbocycles. The number of benzene rings is 2. The van der Waals surface area contributed by atoms with Crippen LogP contribution in [0.1, 0.15) is 24.8 Å². The highest BCUT2D eigenvalue weighted by atomic mass is 32.2. The van der Waals surface area contributed by atoms with Gasteiger partial charge in [-0.2, -0.15) is 0 Å². The summed E-state index contributed by atoms with van der Waals surface area (Å²) >= 11 is 0. The molecule has 1 heterocycles. The van der Waals surface area contributed by atoms with Crippen molar-refractivity contribution >= 4 is 16.0 Å². The van der Waals surface area contributed by atoms with E-state index in [4.69, 9.17) is 4.74 Å². The molecule has 6 heteroatoms. The SMILES string of the molecule is Cc1ccc(S(=O)(=O)N2C=C3/C(=C/C(=O)Oc4ccccc4)CCC3CC2)cc1. The van der Waals surface area contributed by atoms with Crippen molar-refractivity contribution in [3.63, 3.8) is 0 Å². The van der Waals surface area contributed by atoms with Gasteiger partial charge in [-0.05, 0) is 67.5 Å². The molecule has 0 radical (unpaired) electrons. The zero-order valence-corrected chi connectivity index (χ0v) is 17.1. The number of nitrogens with zero attached hydrogens (tertiary/aromatic N) is 1. The van der Waals surface area contributed by atoms with Crippen LogP contribution in [0, 0.1) is 12.8 Å². The summed E-state index contributed by atoms with van der Waals surface area (Å²) in [5.74, 6) is 0.339. The molecule has 2 aliphatic rings. The average molecular weight is 410 g/mol. The van der Waals surface area contributed by atoms with Crippen LogP contribution < -0.4 is 4.74 Å². The number of ether oxygens (including phenoxy) is 1. The molecular formula is C23H23NO4S. The lowest BCUT2D eigenvalue weighted by Crippen LogP contribution is -2.32. The van der Waals surface area contributed by atoms with Gasteiger partial charge in [0.1, 0.15) is 5.75 Å². The number of para-hydroxylation sites is 1. The molecule has 0 amide bonds. The second kappa shape index (κ2) is 7.87. The monoisotopic (exact) mass is 409 g/mol. The van der Waals surface area contributed by atoms with Crippen molar-refractivity contribution in [1.82, 2.24) is 4.31 Å². The first kappa shape index (κ1) is 19.5. The maximum Gasteiger partial charge on any atom is 0.336 e. The van der Waals surface area contributed by atoms with Gasteiger partial charge in [-0.25, -0.2) is 13.2 Å². The van der Waals surface area contributed by atoms with Crippen LogP contribution in [-0.4, -0.2) is 25.2 Å². The topological polar surface area (TPSA) is 63.7 Å². The number of carbonyl (C=O) groups excluding carboxylic acids is 1. The summed E-state index contributed by atoms with van der Waals surface area (Å²) in [6.45, 7) is 2.38. The third kappa shape index (κ3) is 4.12. The number of sulfonamides is 1. The first-order valence-electron chi connectivity index (χ1n) is 9.71. The van der Waals surface area contributed by atoms with E-state index in [-0.39, 0.29) is 10.8 Å². The third-order valence-corrected chi connectivity index (χ3v) is 7.21. The Bertz CT molecular complexity index is 1070. The molecule has 1 fully saturated rings. The number of hydrogen-bond donors (Lipinski definition) is 0. The minimum Gasteiger partial charge on any atom is -0.423 e. The Hall–Kier alpha value is -2.86. The van der Waals surface area contributed by atoms with Gasteiger partial charge in [0, 0.05) is 18.8 Å². The van der Waals surface area contributed by atoms with Crippen LogP contribution in [0.3, 0.4) is 0 Å². The molecule has 29 heavy (non-hydrogen) atoms. The Morgan fingerprint density at radius 1 is 1.07 bits per heavy atom. The summed E-state index contributed by atoms with van der Waals surface area (Å²) in [6, 6.07) is 15.8. The van der Waals surface area contributed by atoms with Crippen molar-refractivity contribution in [2.24, 2.45) is 5.92 Å². The van der Waals surface area contributed by atoms with E-state index in [1.165, 1.54) is 10.4 Å². The van der Waals surface area contributed by atoms with Crippen molar-refractivity contribution in [3.8, 4) is 5.75 Å². The summed E-state index contributed by atoms with van der Waals surface area (Å²) in [5, 5.41) is 0. The van der Waals surface area contributed by atoms with E-state index in [2.05, 4.69) is 0 Å². The molecule has 1 unspecified atom stereocenters. The predicted octanol–water partition coefficient (Wildman–Crippen LogP) is 4.22. The largest absolute Gasteiger partial charge is 0.423 e. The summed E-state index contributed by atoms with van der Waals surface area (Å²) in [6.07, 6.45) is 5.63. The van der Waals surface area contributed by atoms with Gasteiger partial charge in [-0.3, -0.25) is 4.31 Å². The molecule has 0 N–H and O–H groups in total. The van der Waals surface area contributed by atoms with Crippen molar-refractivity contribution in [3.05, 3.63) is 83.6 Å². The number of fused-ring (bicyclic) bond motifs is 1. The Balaban J connectivity index is 1.58. The van der Waals surface area contributed by atoms with Crippen LogP contribution in [0.5, 0.6) is 5.75 Å². The van der Waals surface area contributed by atoms with Crippen LogP contribution in [0.2, 0.25) is 0 Å². The van der Waals surface area contributed by atoms with Crippen molar-refractivity contribution in [1.29, 1.82) is 0 Å². The average Bonchev–Trinajstić information content (AvgIpc) is 3.11. The van der Waals surface area contributed by atoms with E-state index < -0.39 is 16.0 Å². The van der Waals surface area contributed by atoms with Crippen LogP contribution in [-0.2, 0) is 14.8 Å². The zero-order chi connectivity index (χ0) is 20.4. The Morgan fingerprint density at radius 3 is 2.52 bits per heavy atom. The fraction of sp³-hybridized carbons (Fsp3) is 0.261. The van der Waals surface area contributed by atoms with Crippen LogP contribution >= 0.6 is 0 Å². The number of esters is 1. The molecule has 1 aliphatic heterocycles. The Labute approximate surface area is 171 Å². The molecule has 0 saturated heterocycles. The van der Waals surface area contributed by atoms with Crippen molar-refractivity contribution in [2.45, 2.75) is 31.1 Å². The second-order valence-electron chi connectivity index (χ2n) is 7.44. The molecule has 1 aliphatic carbocycles. The van der Waals surface area contributed by atoms with Gasteiger partial charge < -0.3 is 4.74 Å². The Morgan fingerprint density at radius 2 is 1.79 bits per heavy atom. The molecule has 5 nitrogen and oxygen atoms in total. The summed E-state index contributed by atoms with van der Waals surface area (Å²) < 4.78 is 32.8. The second-order valence-corrected chi connectivity index (χ2v) is 9.33. The van der Waals surface area contributed by atoms with Gasteiger partial charge >= 0.3 is 5.97 Å². The predicted molar refractivity (Wildman–Crippen MR) is 111 cm³/mol. The minimum absolute atomic E-state index is 0.283. The molecule has 4 rings (SSSR count). The lowest BCUT2D eigenvalue weighted by atomic mass is 9.95. The van der Waals surface area contributed by atoms with Gasteiger partial charge in [-0.15, -0.1) is 0 Å². The highest BCUT2D eigenvalue weighted by Crippen LogP contribution is 2.41. The summed E-state index contributed by atoms with van der Waals surface area (Å²) in [4.78, 5) is 12.6. The zero-order valence-electron chi connectivity index (χ0n) is 16.2. The number of allylic oxidation sites excluding steroid dienone is 2. The maximum atomic E-state index is 13.0. The lowest BCUT2D eigenvalue weighted by Gasteiger charge is -2.29. The highest BCUT2D eigenvalue weighted by molar-refractivity contribution is 7.89. The van der Waals surface area contributed by atoms with Crippen LogP contribution in [0.25, 0.3) is 0 Å². The first-order chi connectivity index (χ1) is 13.9. The fourth-order valence-electron chi connectivity index (χ4n) is 3.85. The molecule has 150 valence electrons. The molecular weight excluding hydrogens is 386 g/mol. The van der Waals surface area contributed by atoms with E-state index in [9.17, 15) is 13.2 Å². The maximum absolute atomic E-state index is 13.0. The third-order valence-electron chi connectivity index (χ3n) is 5.44. The van der Waals surface area contributed by atoms with Gasteiger partial charge in [0.05, 0.1) is 4.90 Å². The van der Waals surface area contributed by atoms with Gasteiger partial charge in [0.15, 0.2) is 0 Å². The summed E-state index contributed by atoms with van der Waals surface area (Å²) in [5.41, 5.74) is 2.80. The number of aryl methyl sites for hydroxylation is 1. The van der Waals surface area contributed by atoms with Gasteiger partial charge in [0.2, 0.25) is 0 Å². The number of hydrogen-bond acceptors (Lipinski definition) is 4. The molecule has 2 aromatic rings. The fourth-order valence-corrected chi connectivity index (χ4v) is 5.20. The lowest BCUT2D eigenvalue weighted by molar-refractivity contribution is -0.129. The van der Waals surface area contributed by atoms with E-state index >= 15 is 0 Å². The van der Waals surface area contributed by atoms with E-state index in [0.717, 1.165) is 36.0 Å². The minimum atomic E-state index is -3.60. The smallest absolute Gasteiger partial charge is 0.336 e. The number of carbonyl (C=O) groups is 1. The molecule has 0 spiro atoms. The molecule has 1 atom stereocenters. The van der Waals surface area contributed by atoms with Crippen molar-refractivity contribution in [2.75, 3.05) is 6.54 Å². The van der Waals surface area contributed by atoms with E-state index in [1.54, 1.807) is 54.7 Å². The highest BCUT2D eigenvalue weighted by Gasteiger charge is 2.34. The van der Waals surface area contributed by atoms with Crippen molar-refractivity contribution < 1.29 is 17.9 Å².